The second-order valence-corrected chi connectivity index (χ2v) is 4.34. The van der Waals surface area contributed by atoms with Crippen molar-refractivity contribution in [1.82, 2.24) is 25.3 Å². The molecule has 0 saturated carbocycles. The zero-order valence-electron chi connectivity index (χ0n) is 11.9. The van der Waals surface area contributed by atoms with Gasteiger partial charge < -0.3 is 15.0 Å². The van der Waals surface area contributed by atoms with Crippen LogP contribution in [-0.4, -0.2) is 46.5 Å². The molecule has 2 aromatic rings. The van der Waals surface area contributed by atoms with Gasteiger partial charge in [-0.2, -0.15) is 0 Å². The third kappa shape index (κ3) is 4.68. The summed E-state index contributed by atoms with van der Waals surface area (Å²) in [5.41, 5.74) is 0.720. The van der Waals surface area contributed by atoms with Gasteiger partial charge in [-0.1, -0.05) is 0 Å². The molecule has 0 saturated heterocycles. The smallest absolute Gasteiger partial charge is 0.316 e. The fourth-order valence-electron chi connectivity index (χ4n) is 1.43. The zero-order chi connectivity index (χ0) is 15.1. The van der Waals surface area contributed by atoms with Crippen molar-refractivity contribution in [3.8, 4) is 6.01 Å². The van der Waals surface area contributed by atoms with Crippen LogP contribution in [0, 0.1) is 0 Å². The Morgan fingerprint density at radius 2 is 2.00 bits per heavy atom. The number of ether oxygens (including phenoxy) is 1. The van der Waals surface area contributed by atoms with Crippen LogP contribution in [0.4, 0.5) is 5.95 Å². The lowest BCUT2D eigenvalue weighted by atomic mass is 10.4. The summed E-state index contributed by atoms with van der Waals surface area (Å²) in [6.45, 7) is 0.164. The van der Waals surface area contributed by atoms with Gasteiger partial charge in [0, 0.05) is 32.7 Å². The molecular weight excluding hydrogens is 272 g/mol. The summed E-state index contributed by atoms with van der Waals surface area (Å²) in [7, 11) is 3.71. The molecule has 8 nitrogen and oxygen atoms in total. The van der Waals surface area contributed by atoms with Crippen LogP contribution in [0.25, 0.3) is 0 Å². The minimum atomic E-state index is -0.271. The fraction of sp³-hybridized carbons (Fsp3) is 0.308. The molecule has 1 amide bonds. The third-order valence-electron chi connectivity index (χ3n) is 2.44. The van der Waals surface area contributed by atoms with Crippen molar-refractivity contribution >= 4 is 11.9 Å². The van der Waals surface area contributed by atoms with E-state index >= 15 is 0 Å². The Balaban J connectivity index is 1.80. The number of aromatic nitrogens is 4. The first kappa shape index (κ1) is 14.6. The van der Waals surface area contributed by atoms with E-state index in [1.807, 2.05) is 14.1 Å². The monoisotopic (exact) mass is 288 g/mol. The Morgan fingerprint density at radius 3 is 2.71 bits per heavy atom. The molecule has 0 fully saturated rings. The normalized spacial score (nSPS) is 10.0. The van der Waals surface area contributed by atoms with E-state index in [1.165, 1.54) is 0 Å². The van der Waals surface area contributed by atoms with Crippen LogP contribution >= 0.6 is 0 Å². The standard InChI is InChI=1S/C13H16N6O2/c1-19(2)12-14-7-4-10(18-12)8-17-11(20)9-21-13-15-5-3-6-16-13/h3-7H,8-9H2,1-2H3,(H,17,20). The number of rotatable bonds is 6. The highest BCUT2D eigenvalue weighted by Crippen LogP contribution is 2.03. The number of nitrogens with zero attached hydrogens (tertiary/aromatic N) is 5. The summed E-state index contributed by atoms with van der Waals surface area (Å²) in [4.78, 5) is 29.6. The SMILES string of the molecule is CN(C)c1nccc(CNC(=O)COc2ncccn2)n1. The summed E-state index contributed by atoms with van der Waals surface area (Å²) >= 11 is 0. The molecule has 0 radical (unpaired) electrons. The van der Waals surface area contributed by atoms with Gasteiger partial charge in [-0.15, -0.1) is 0 Å². The molecule has 8 heteroatoms. The van der Waals surface area contributed by atoms with E-state index in [0.29, 0.717) is 12.5 Å². The number of hydrogen-bond acceptors (Lipinski definition) is 7. The van der Waals surface area contributed by atoms with Crippen LogP contribution in [0.15, 0.2) is 30.7 Å². The first-order valence-electron chi connectivity index (χ1n) is 6.31. The Morgan fingerprint density at radius 1 is 1.24 bits per heavy atom. The van der Waals surface area contributed by atoms with Crippen molar-refractivity contribution in [3.63, 3.8) is 0 Å². The maximum atomic E-state index is 11.7. The first-order valence-corrected chi connectivity index (χ1v) is 6.31. The maximum Gasteiger partial charge on any atom is 0.316 e. The zero-order valence-corrected chi connectivity index (χ0v) is 11.9. The van der Waals surface area contributed by atoms with Crippen molar-refractivity contribution in [1.29, 1.82) is 0 Å². The van der Waals surface area contributed by atoms with Crippen molar-refractivity contribution < 1.29 is 9.53 Å². The van der Waals surface area contributed by atoms with E-state index in [1.54, 1.807) is 35.6 Å². The van der Waals surface area contributed by atoms with E-state index < -0.39 is 0 Å². The second-order valence-electron chi connectivity index (χ2n) is 4.34. The van der Waals surface area contributed by atoms with Gasteiger partial charge in [0.1, 0.15) is 0 Å². The van der Waals surface area contributed by atoms with Gasteiger partial charge in [0.25, 0.3) is 5.91 Å². The van der Waals surface area contributed by atoms with Crippen LogP contribution < -0.4 is 15.0 Å². The van der Waals surface area contributed by atoms with E-state index in [9.17, 15) is 4.79 Å². The van der Waals surface area contributed by atoms with Gasteiger partial charge in [0.15, 0.2) is 6.61 Å². The highest BCUT2D eigenvalue weighted by atomic mass is 16.5. The van der Waals surface area contributed by atoms with Gasteiger partial charge in [-0.25, -0.2) is 19.9 Å². The van der Waals surface area contributed by atoms with Crippen molar-refractivity contribution in [2.45, 2.75) is 6.54 Å². The molecule has 2 heterocycles. The number of anilines is 1. The number of nitrogens with one attached hydrogen (secondary N) is 1. The molecule has 0 aromatic carbocycles. The van der Waals surface area contributed by atoms with Crippen LogP contribution in [0.2, 0.25) is 0 Å². The van der Waals surface area contributed by atoms with Gasteiger partial charge in [0.2, 0.25) is 5.95 Å². The number of carbonyl (C=O) groups excluding carboxylic acids is 1. The average molecular weight is 288 g/mol. The van der Waals surface area contributed by atoms with Gasteiger partial charge in [0.05, 0.1) is 12.2 Å². The van der Waals surface area contributed by atoms with Crippen molar-refractivity contribution in [2.75, 3.05) is 25.6 Å². The fourth-order valence-corrected chi connectivity index (χ4v) is 1.43. The average Bonchev–Trinajstić information content (AvgIpc) is 2.52. The molecule has 0 atom stereocenters. The van der Waals surface area contributed by atoms with E-state index in [4.69, 9.17) is 4.74 Å². The summed E-state index contributed by atoms with van der Waals surface area (Å²) in [6.07, 6.45) is 4.74. The van der Waals surface area contributed by atoms with Gasteiger partial charge in [-0.3, -0.25) is 4.79 Å². The quantitative estimate of drug-likeness (QED) is 0.801. The van der Waals surface area contributed by atoms with Crippen LogP contribution in [0.3, 0.4) is 0 Å². The molecule has 21 heavy (non-hydrogen) atoms. The Hall–Kier alpha value is -2.77. The van der Waals surface area contributed by atoms with E-state index in [-0.39, 0.29) is 18.5 Å². The second kappa shape index (κ2) is 7.13. The molecule has 0 bridgehead atoms. The van der Waals surface area contributed by atoms with Crippen LogP contribution in [0.5, 0.6) is 6.01 Å². The Labute approximate surface area is 122 Å². The maximum absolute atomic E-state index is 11.7. The lowest BCUT2D eigenvalue weighted by molar-refractivity contribution is -0.123. The largest absolute Gasteiger partial charge is 0.453 e. The minimum absolute atomic E-state index is 0.143. The van der Waals surface area contributed by atoms with E-state index in [0.717, 1.165) is 5.69 Å². The molecule has 0 aliphatic heterocycles. The number of amides is 1. The molecule has 2 aromatic heterocycles. The summed E-state index contributed by atoms with van der Waals surface area (Å²) in [6, 6.07) is 3.59. The predicted octanol–water partition coefficient (Wildman–Crippen LogP) is 0.0278. The Kier molecular flexibility index (Phi) is 4.97. The Bertz CT molecular complexity index is 590. The molecule has 0 aliphatic carbocycles. The number of hydrogen-bond donors (Lipinski definition) is 1. The predicted molar refractivity (Wildman–Crippen MR) is 75.7 cm³/mol. The summed E-state index contributed by atoms with van der Waals surface area (Å²) in [5, 5.41) is 2.71. The minimum Gasteiger partial charge on any atom is -0.453 e. The molecule has 2 rings (SSSR count). The highest BCUT2D eigenvalue weighted by Gasteiger charge is 2.06. The number of carbonyl (C=O) groups is 1. The first-order chi connectivity index (χ1) is 10.1. The van der Waals surface area contributed by atoms with Crippen LogP contribution in [-0.2, 0) is 11.3 Å². The molecule has 0 spiro atoms. The molecule has 0 unspecified atom stereocenters. The van der Waals surface area contributed by atoms with Crippen molar-refractivity contribution in [3.05, 3.63) is 36.4 Å². The van der Waals surface area contributed by atoms with Gasteiger partial charge in [-0.05, 0) is 12.1 Å². The molecule has 0 aliphatic rings. The molecule has 1 N–H and O–H groups in total. The van der Waals surface area contributed by atoms with Gasteiger partial charge >= 0.3 is 6.01 Å². The van der Waals surface area contributed by atoms with Crippen molar-refractivity contribution in [2.24, 2.45) is 0 Å². The lowest BCUT2D eigenvalue weighted by Crippen LogP contribution is -2.29. The van der Waals surface area contributed by atoms with Crippen LogP contribution in [0.1, 0.15) is 5.69 Å². The summed E-state index contributed by atoms with van der Waals surface area (Å²) < 4.78 is 5.14. The highest BCUT2D eigenvalue weighted by molar-refractivity contribution is 5.77. The molecule has 110 valence electrons. The molecular formula is C13H16N6O2. The van der Waals surface area contributed by atoms with E-state index in [2.05, 4.69) is 25.3 Å². The summed E-state index contributed by atoms with van der Waals surface area (Å²) in [5.74, 6) is 0.322. The lowest BCUT2D eigenvalue weighted by Gasteiger charge is -2.11. The topological polar surface area (TPSA) is 93.1 Å². The third-order valence-corrected chi connectivity index (χ3v) is 2.44.